The molecule has 0 saturated carbocycles. The van der Waals surface area contributed by atoms with Gasteiger partial charge < -0.3 is 75.1 Å². The Labute approximate surface area is 296 Å². The maximum absolute atomic E-state index is 12.2. The van der Waals surface area contributed by atoms with Crippen LogP contribution in [0.15, 0.2) is 52.8 Å². The van der Waals surface area contributed by atoms with E-state index in [1.54, 1.807) is 24.4 Å². The molecule has 0 bridgehead atoms. The monoisotopic (exact) mass is 726 g/mol. The maximum atomic E-state index is 12.2. The number of fused-ring (bicyclic) bond motifs is 6. The number of carboxylic acids is 1. The van der Waals surface area contributed by atoms with Crippen molar-refractivity contribution >= 4 is 18.2 Å². The van der Waals surface area contributed by atoms with Crippen LogP contribution in [0, 0.1) is 0 Å². The molecule has 5 heterocycles. The van der Waals surface area contributed by atoms with Gasteiger partial charge in [0.05, 0.1) is 31.5 Å². The summed E-state index contributed by atoms with van der Waals surface area (Å²) in [5.41, 5.74) is 15.8. The molecule has 5 aliphatic heterocycles. The van der Waals surface area contributed by atoms with Gasteiger partial charge in [0, 0.05) is 48.3 Å². The Balaban J connectivity index is 1.21. The second kappa shape index (κ2) is 14.2. The standard InChI is InChI=1S/C34H38N4O14/c1-46-30-20(48-13-39)3-2-17-18-12-47-21-7-16(6-15(24(21)28(18)51-29(17)30)10-38-9-14-4-5-37-19(14)11-38)49-34-27(45)25(43)26(44)31(52-34)32(33(35)36)50-23(42)8-22(40)41/h2-7,11,18,25-28,31-34,39,43-45H,8-10,12-13,35-36H2,1H3,(H,40,41). The summed E-state index contributed by atoms with van der Waals surface area (Å²) >= 11 is 0. The summed E-state index contributed by atoms with van der Waals surface area (Å²) in [5.74, 6) is -1.29. The van der Waals surface area contributed by atoms with Crippen LogP contribution in [0.4, 0.5) is 0 Å². The number of aliphatic imine (C=N–C) groups is 1. The van der Waals surface area contributed by atoms with Crippen molar-refractivity contribution in [1.82, 2.24) is 4.90 Å². The molecular weight excluding hydrogens is 688 g/mol. The van der Waals surface area contributed by atoms with Crippen molar-refractivity contribution in [2.24, 2.45) is 16.5 Å². The quantitative estimate of drug-likeness (QED) is 0.0795. The number of carboxylic acid groups (broad SMARTS) is 1. The zero-order valence-corrected chi connectivity index (χ0v) is 27.7. The predicted octanol–water partition coefficient (Wildman–Crippen LogP) is -0.882. The van der Waals surface area contributed by atoms with Crippen molar-refractivity contribution in [3.8, 4) is 28.7 Å². The van der Waals surface area contributed by atoms with Gasteiger partial charge in [-0.3, -0.25) is 14.6 Å². The lowest BCUT2D eigenvalue weighted by Crippen LogP contribution is -2.66. The van der Waals surface area contributed by atoms with Crippen LogP contribution in [0.2, 0.25) is 0 Å². The van der Waals surface area contributed by atoms with E-state index in [1.165, 1.54) is 7.11 Å². The van der Waals surface area contributed by atoms with Crippen LogP contribution in [0.5, 0.6) is 28.7 Å². The molecule has 0 amide bonds. The summed E-state index contributed by atoms with van der Waals surface area (Å²) in [6, 6.07) is 6.82. The Bertz CT molecular complexity index is 1830. The van der Waals surface area contributed by atoms with E-state index in [4.69, 9.17) is 49.7 Å². The maximum Gasteiger partial charge on any atom is 0.317 e. The molecule has 7 rings (SSSR count). The third-order valence-corrected chi connectivity index (χ3v) is 9.44. The topological polar surface area (TPSA) is 268 Å². The number of carbonyl (C=O) groups is 2. The normalized spacial score (nSPS) is 27.3. The van der Waals surface area contributed by atoms with Gasteiger partial charge in [-0.1, -0.05) is 6.07 Å². The average molecular weight is 727 g/mol. The second-order valence-corrected chi connectivity index (χ2v) is 12.8. The van der Waals surface area contributed by atoms with E-state index in [-0.39, 0.29) is 18.3 Å². The minimum absolute atomic E-state index is 0.145. The number of aliphatic carboxylic acids is 1. The molecule has 0 spiro atoms. The first-order valence-corrected chi connectivity index (χ1v) is 16.4. The Morgan fingerprint density at radius 3 is 2.65 bits per heavy atom. The third-order valence-electron chi connectivity index (χ3n) is 9.44. The second-order valence-electron chi connectivity index (χ2n) is 12.8. The molecule has 278 valence electrons. The largest absolute Gasteiger partial charge is 0.492 e. The van der Waals surface area contributed by atoms with E-state index >= 15 is 0 Å². The van der Waals surface area contributed by atoms with Crippen LogP contribution in [0.3, 0.4) is 0 Å². The first-order chi connectivity index (χ1) is 25.0. The van der Waals surface area contributed by atoms with Crippen LogP contribution in [0.25, 0.3) is 0 Å². The Morgan fingerprint density at radius 2 is 1.94 bits per heavy atom. The Hall–Kier alpha value is -4.95. The molecule has 0 radical (unpaired) electrons. The molecule has 18 nitrogen and oxygen atoms in total. The van der Waals surface area contributed by atoms with Crippen molar-refractivity contribution in [3.05, 3.63) is 64.5 Å². The number of nitrogens with two attached hydrogens (primary N) is 2. The number of aliphatic hydroxyl groups excluding tert-OH is 4. The molecule has 1 saturated heterocycles. The number of aliphatic hydroxyl groups is 4. The van der Waals surface area contributed by atoms with Crippen LogP contribution < -0.4 is 35.2 Å². The van der Waals surface area contributed by atoms with Gasteiger partial charge in [-0.2, -0.15) is 0 Å². The number of allylic oxidation sites excluding steroid dienone is 1. The fourth-order valence-corrected chi connectivity index (χ4v) is 7.08. The molecule has 5 aliphatic rings. The average Bonchev–Trinajstić information content (AvgIpc) is 3.81. The number of rotatable bonds is 12. The highest BCUT2D eigenvalue weighted by atomic mass is 16.7. The molecule has 18 heteroatoms. The lowest BCUT2D eigenvalue weighted by Gasteiger charge is -2.43. The molecule has 2 aromatic carbocycles. The van der Waals surface area contributed by atoms with Gasteiger partial charge in [-0.15, -0.1) is 0 Å². The van der Waals surface area contributed by atoms with E-state index in [2.05, 4.69) is 9.89 Å². The number of benzene rings is 2. The zero-order chi connectivity index (χ0) is 36.8. The smallest absolute Gasteiger partial charge is 0.317 e. The van der Waals surface area contributed by atoms with Crippen molar-refractivity contribution in [2.45, 2.75) is 68.0 Å². The van der Waals surface area contributed by atoms with Crippen LogP contribution in [-0.4, -0.2) is 119 Å². The minimum Gasteiger partial charge on any atom is -0.492 e. The molecular formula is C34H38N4O14. The predicted molar refractivity (Wildman–Crippen MR) is 175 cm³/mol. The number of ether oxygens (including phenoxy) is 7. The third kappa shape index (κ3) is 6.49. The van der Waals surface area contributed by atoms with E-state index in [1.807, 2.05) is 18.3 Å². The van der Waals surface area contributed by atoms with Gasteiger partial charge in [0.15, 0.2) is 24.4 Å². The number of nitrogens with zero attached hydrogens (tertiary/aromatic N) is 2. The van der Waals surface area contributed by atoms with E-state index in [0.29, 0.717) is 41.7 Å². The van der Waals surface area contributed by atoms with Crippen LogP contribution in [0.1, 0.15) is 35.1 Å². The number of hydrogen-bond acceptors (Lipinski definition) is 17. The van der Waals surface area contributed by atoms with E-state index < -0.39 is 74.2 Å². The van der Waals surface area contributed by atoms with Gasteiger partial charge in [-0.25, -0.2) is 0 Å². The number of hydrogen-bond donors (Lipinski definition) is 7. The molecule has 1 fully saturated rings. The molecule has 8 atom stereocenters. The fourth-order valence-electron chi connectivity index (χ4n) is 7.08. The SMILES string of the molecule is COc1c(OCO)ccc2c1OC1c3c(CN4C=C5N=CC=C5C4)cc(OC4OC(C(OC(=O)CC(=O)O)C(N)N)C(O)C(O)C4O)cc3OCC21. The summed E-state index contributed by atoms with van der Waals surface area (Å²) in [5, 5.41) is 50.9. The Kier molecular flexibility index (Phi) is 9.70. The van der Waals surface area contributed by atoms with E-state index in [9.17, 15) is 30.0 Å². The zero-order valence-electron chi connectivity index (χ0n) is 27.7. The molecule has 8 unspecified atom stereocenters. The highest BCUT2D eigenvalue weighted by Crippen LogP contribution is 2.57. The molecule has 9 N–H and O–H groups in total. The fraction of sp³-hybridized carbons (Fsp3) is 0.441. The van der Waals surface area contributed by atoms with Crippen LogP contribution in [-0.2, 0) is 25.6 Å². The van der Waals surface area contributed by atoms with Gasteiger partial charge in [0.25, 0.3) is 0 Å². The van der Waals surface area contributed by atoms with Gasteiger partial charge in [0.1, 0.15) is 48.4 Å². The number of methoxy groups -OCH3 is 1. The summed E-state index contributed by atoms with van der Waals surface area (Å²) in [6.45, 7) is 0.580. The molecule has 0 aromatic heterocycles. The number of carbonyl (C=O) groups excluding carboxylic acids is 1. The van der Waals surface area contributed by atoms with Crippen molar-refractivity contribution in [1.29, 1.82) is 0 Å². The van der Waals surface area contributed by atoms with Gasteiger partial charge >= 0.3 is 11.9 Å². The molecule has 52 heavy (non-hydrogen) atoms. The summed E-state index contributed by atoms with van der Waals surface area (Å²) in [4.78, 5) is 29.7. The number of esters is 1. The summed E-state index contributed by atoms with van der Waals surface area (Å²) in [7, 11) is 1.48. The van der Waals surface area contributed by atoms with Crippen molar-refractivity contribution < 1.29 is 68.3 Å². The lowest BCUT2D eigenvalue weighted by molar-refractivity contribution is -0.291. The summed E-state index contributed by atoms with van der Waals surface area (Å²) < 4.78 is 40.9. The molecule has 2 aromatic rings. The van der Waals surface area contributed by atoms with Crippen molar-refractivity contribution in [3.63, 3.8) is 0 Å². The molecule has 0 aliphatic carbocycles. The minimum atomic E-state index is -1.87. The van der Waals surface area contributed by atoms with Crippen molar-refractivity contribution in [2.75, 3.05) is 27.1 Å². The first kappa shape index (κ1) is 35.5. The first-order valence-electron chi connectivity index (χ1n) is 16.4. The highest BCUT2D eigenvalue weighted by molar-refractivity contribution is 5.90. The Morgan fingerprint density at radius 1 is 1.13 bits per heavy atom. The van der Waals surface area contributed by atoms with E-state index in [0.717, 1.165) is 22.4 Å². The highest BCUT2D eigenvalue weighted by Gasteiger charge is 2.51. The van der Waals surface area contributed by atoms with Gasteiger partial charge in [0.2, 0.25) is 12.0 Å². The van der Waals surface area contributed by atoms with Gasteiger partial charge in [-0.05, 0) is 23.8 Å². The van der Waals surface area contributed by atoms with Crippen LogP contribution >= 0.6 is 0 Å². The summed E-state index contributed by atoms with van der Waals surface area (Å²) in [6.07, 6.45) is -7.86. The lowest BCUT2D eigenvalue weighted by atomic mass is 9.86.